The van der Waals surface area contributed by atoms with Gasteiger partial charge in [0.15, 0.2) is 0 Å². The topological polar surface area (TPSA) is 51.4 Å². The number of carbonyl (C=O) groups is 2. The number of hydrogen-bond donors (Lipinski definition) is 0. The lowest BCUT2D eigenvalue weighted by Gasteiger charge is -2.05. The van der Waals surface area contributed by atoms with E-state index in [4.69, 9.17) is 23.2 Å². The number of rotatable bonds is 2. The molecule has 0 fully saturated rings. The highest BCUT2D eigenvalue weighted by atomic mass is 35.5. The van der Waals surface area contributed by atoms with Gasteiger partial charge in [-0.05, 0) is 18.6 Å². The standard InChI is InChI=1S/C10H10Cl2N2O2/c1-7-3-2-4-14(9(16)6-12)10(7)13-8(15)5-11/h2-4H,5-6H2,1H3. The Kier molecular flexibility index (Phi) is 4.71. The minimum atomic E-state index is -0.493. The zero-order valence-electron chi connectivity index (χ0n) is 8.61. The number of pyridine rings is 1. The molecule has 16 heavy (non-hydrogen) atoms. The second-order valence-corrected chi connectivity index (χ2v) is 3.59. The van der Waals surface area contributed by atoms with Crippen molar-refractivity contribution in [3.8, 4) is 0 Å². The summed E-state index contributed by atoms with van der Waals surface area (Å²) in [6.45, 7) is 1.75. The van der Waals surface area contributed by atoms with Crippen LogP contribution in [0.3, 0.4) is 0 Å². The van der Waals surface area contributed by atoms with E-state index in [0.717, 1.165) is 0 Å². The highest BCUT2D eigenvalue weighted by Gasteiger charge is 2.06. The number of nitrogens with zero attached hydrogens (tertiary/aromatic N) is 2. The van der Waals surface area contributed by atoms with Gasteiger partial charge in [-0.3, -0.25) is 14.2 Å². The van der Waals surface area contributed by atoms with Crippen molar-refractivity contribution in [1.29, 1.82) is 0 Å². The molecule has 0 aliphatic heterocycles. The monoisotopic (exact) mass is 260 g/mol. The fourth-order valence-corrected chi connectivity index (χ4v) is 1.35. The molecule has 0 saturated carbocycles. The maximum atomic E-state index is 11.5. The maximum absolute atomic E-state index is 11.5. The predicted molar refractivity (Wildman–Crippen MR) is 61.8 cm³/mol. The van der Waals surface area contributed by atoms with Crippen molar-refractivity contribution < 1.29 is 9.59 Å². The third kappa shape index (κ3) is 2.93. The van der Waals surface area contributed by atoms with E-state index >= 15 is 0 Å². The second-order valence-electron chi connectivity index (χ2n) is 3.05. The van der Waals surface area contributed by atoms with Gasteiger partial charge in [-0.1, -0.05) is 6.07 Å². The molecular weight excluding hydrogens is 251 g/mol. The van der Waals surface area contributed by atoms with Crippen LogP contribution in [0.5, 0.6) is 0 Å². The normalized spacial score (nSPS) is 11.6. The first-order chi connectivity index (χ1) is 7.60. The zero-order valence-corrected chi connectivity index (χ0v) is 10.1. The van der Waals surface area contributed by atoms with Gasteiger partial charge in [0.25, 0.3) is 5.91 Å². The van der Waals surface area contributed by atoms with Gasteiger partial charge in [0, 0.05) is 6.20 Å². The number of alkyl halides is 2. The molecule has 1 rings (SSSR count). The van der Waals surface area contributed by atoms with Crippen LogP contribution in [-0.4, -0.2) is 28.1 Å². The van der Waals surface area contributed by atoms with Crippen LogP contribution in [0.1, 0.15) is 10.4 Å². The molecule has 1 amide bonds. The maximum Gasteiger partial charge on any atom is 0.262 e. The summed E-state index contributed by atoms with van der Waals surface area (Å²) in [6.07, 6.45) is 1.51. The number of aromatic nitrogens is 1. The molecule has 86 valence electrons. The molecule has 0 bridgehead atoms. The number of aryl methyl sites for hydroxylation is 1. The average molecular weight is 261 g/mol. The summed E-state index contributed by atoms with van der Waals surface area (Å²) < 4.78 is 1.24. The summed E-state index contributed by atoms with van der Waals surface area (Å²) in [7, 11) is 0. The van der Waals surface area contributed by atoms with Gasteiger partial charge in [-0.2, -0.15) is 4.99 Å². The Morgan fingerprint density at radius 3 is 2.62 bits per heavy atom. The number of carbonyl (C=O) groups excluding carboxylic acids is 2. The molecule has 0 aliphatic carbocycles. The number of halogens is 2. The van der Waals surface area contributed by atoms with E-state index in [1.807, 2.05) is 0 Å². The lowest BCUT2D eigenvalue weighted by Crippen LogP contribution is -2.30. The molecule has 0 aliphatic rings. The van der Waals surface area contributed by atoms with E-state index < -0.39 is 5.91 Å². The fourth-order valence-electron chi connectivity index (χ4n) is 1.16. The third-order valence-corrected chi connectivity index (χ3v) is 2.35. The van der Waals surface area contributed by atoms with E-state index in [2.05, 4.69) is 4.99 Å². The van der Waals surface area contributed by atoms with Crippen LogP contribution < -0.4 is 5.49 Å². The molecule has 4 nitrogen and oxygen atoms in total. The largest absolute Gasteiger partial charge is 0.273 e. The van der Waals surface area contributed by atoms with Gasteiger partial charge in [-0.15, -0.1) is 23.2 Å². The Hall–Kier alpha value is -1.13. The molecule has 0 aromatic carbocycles. The van der Waals surface area contributed by atoms with Crippen molar-refractivity contribution in [2.45, 2.75) is 6.92 Å². The quantitative estimate of drug-likeness (QED) is 0.754. The first-order valence-electron chi connectivity index (χ1n) is 4.51. The second kappa shape index (κ2) is 5.82. The molecule has 0 atom stereocenters. The van der Waals surface area contributed by atoms with Crippen molar-refractivity contribution in [2.24, 2.45) is 4.99 Å². The van der Waals surface area contributed by atoms with E-state index in [9.17, 15) is 9.59 Å². The van der Waals surface area contributed by atoms with Gasteiger partial charge < -0.3 is 0 Å². The van der Waals surface area contributed by atoms with E-state index in [-0.39, 0.29) is 23.2 Å². The minimum absolute atomic E-state index is 0.175. The van der Waals surface area contributed by atoms with Crippen LogP contribution in [0.25, 0.3) is 0 Å². The molecule has 1 heterocycles. The van der Waals surface area contributed by atoms with Crippen molar-refractivity contribution in [1.82, 2.24) is 4.57 Å². The van der Waals surface area contributed by atoms with Gasteiger partial charge in [-0.25, -0.2) is 0 Å². The summed E-state index contributed by atoms with van der Waals surface area (Å²) in [4.78, 5) is 26.4. The molecule has 0 radical (unpaired) electrons. The lowest BCUT2D eigenvalue weighted by molar-refractivity contribution is -0.115. The van der Waals surface area contributed by atoms with E-state index in [0.29, 0.717) is 5.56 Å². The summed E-state index contributed by atoms with van der Waals surface area (Å²) in [5, 5.41) is 0. The van der Waals surface area contributed by atoms with Crippen molar-refractivity contribution >= 4 is 35.0 Å². The third-order valence-electron chi connectivity index (χ3n) is 1.89. The van der Waals surface area contributed by atoms with Crippen molar-refractivity contribution in [2.75, 3.05) is 11.8 Å². The van der Waals surface area contributed by atoms with Gasteiger partial charge in [0.1, 0.15) is 17.2 Å². The smallest absolute Gasteiger partial charge is 0.262 e. The highest BCUT2D eigenvalue weighted by Crippen LogP contribution is 1.92. The SMILES string of the molecule is Cc1cccn(C(=O)CCl)c1=NC(=O)CCl. The van der Waals surface area contributed by atoms with Gasteiger partial charge in [0.2, 0.25) is 5.91 Å². The molecule has 0 N–H and O–H groups in total. The average Bonchev–Trinajstić information content (AvgIpc) is 2.30. The molecule has 1 aromatic rings. The first kappa shape index (κ1) is 12.9. The van der Waals surface area contributed by atoms with Gasteiger partial charge >= 0.3 is 0 Å². The highest BCUT2D eigenvalue weighted by molar-refractivity contribution is 6.28. The summed E-state index contributed by atoms with van der Waals surface area (Å²) in [6, 6.07) is 3.43. The van der Waals surface area contributed by atoms with Crippen molar-refractivity contribution in [3.63, 3.8) is 0 Å². The number of amides is 1. The predicted octanol–water partition coefficient (Wildman–Crippen LogP) is 1.34. The van der Waals surface area contributed by atoms with Crippen molar-refractivity contribution in [3.05, 3.63) is 29.4 Å². The van der Waals surface area contributed by atoms with Crippen LogP contribution in [0.2, 0.25) is 0 Å². The zero-order chi connectivity index (χ0) is 12.1. The molecule has 1 aromatic heterocycles. The van der Waals surface area contributed by atoms with E-state index in [1.54, 1.807) is 19.1 Å². The lowest BCUT2D eigenvalue weighted by atomic mass is 10.3. The molecular formula is C10H10Cl2N2O2. The molecule has 0 unspecified atom stereocenters. The van der Waals surface area contributed by atoms with E-state index in [1.165, 1.54) is 10.8 Å². The van der Waals surface area contributed by atoms with Crippen LogP contribution >= 0.6 is 23.2 Å². The number of hydrogen-bond acceptors (Lipinski definition) is 2. The summed E-state index contributed by atoms with van der Waals surface area (Å²) in [5.74, 6) is -1.23. The Morgan fingerprint density at radius 2 is 2.06 bits per heavy atom. The Labute approximate surface area is 103 Å². The van der Waals surface area contributed by atoms with Crippen LogP contribution in [0.15, 0.2) is 23.3 Å². The van der Waals surface area contributed by atoms with Crippen LogP contribution in [-0.2, 0) is 4.79 Å². The first-order valence-corrected chi connectivity index (χ1v) is 5.58. The Morgan fingerprint density at radius 1 is 1.38 bits per heavy atom. The van der Waals surface area contributed by atoms with Crippen LogP contribution in [0.4, 0.5) is 0 Å². The molecule has 0 spiro atoms. The Balaban J connectivity index is 3.40. The van der Waals surface area contributed by atoms with Crippen LogP contribution in [0, 0.1) is 6.92 Å². The molecule has 6 heteroatoms. The van der Waals surface area contributed by atoms with Gasteiger partial charge in [0.05, 0.1) is 0 Å². The minimum Gasteiger partial charge on any atom is -0.273 e. The summed E-state index contributed by atoms with van der Waals surface area (Å²) in [5.41, 5.74) is 0.984. The fraction of sp³-hybridized carbons (Fsp3) is 0.300. The Bertz CT molecular complexity index is 480. The summed E-state index contributed by atoms with van der Waals surface area (Å²) >= 11 is 10.8. The molecule has 0 saturated heterocycles.